The van der Waals surface area contributed by atoms with E-state index in [0.29, 0.717) is 6.04 Å². The van der Waals surface area contributed by atoms with Crippen LogP contribution in [0.25, 0.3) is 0 Å². The highest BCUT2D eigenvalue weighted by Crippen LogP contribution is 2.26. The molecule has 3 nitrogen and oxygen atoms in total. The molecule has 0 aromatic carbocycles. The van der Waals surface area contributed by atoms with Gasteiger partial charge in [-0.1, -0.05) is 37.5 Å². The molecule has 78 valence electrons. The van der Waals surface area contributed by atoms with E-state index in [9.17, 15) is 0 Å². The average Bonchev–Trinajstić information content (AvgIpc) is 2.60. The van der Waals surface area contributed by atoms with Gasteiger partial charge in [0.15, 0.2) is 0 Å². The zero-order valence-corrected chi connectivity index (χ0v) is 9.39. The van der Waals surface area contributed by atoms with Crippen LogP contribution in [-0.2, 0) is 0 Å². The molecule has 1 aliphatic carbocycles. The van der Waals surface area contributed by atoms with Crippen LogP contribution >= 0.6 is 11.3 Å². The molecule has 0 saturated heterocycles. The second-order valence-corrected chi connectivity index (χ2v) is 4.94. The van der Waals surface area contributed by atoms with Gasteiger partial charge in [0.1, 0.15) is 5.51 Å². The molecule has 0 spiro atoms. The van der Waals surface area contributed by atoms with Crippen LogP contribution in [0.3, 0.4) is 0 Å². The van der Waals surface area contributed by atoms with Crippen molar-refractivity contribution in [1.82, 2.24) is 10.2 Å². The first-order valence-corrected chi connectivity index (χ1v) is 6.27. The van der Waals surface area contributed by atoms with Crippen molar-refractivity contribution < 1.29 is 0 Å². The topological polar surface area (TPSA) is 37.8 Å². The summed E-state index contributed by atoms with van der Waals surface area (Å²) in [6.45, 7) is 2.34. The van der Waals surface area contributed by atoms with Gasteiger partial charge in [-0.05, 0) is 18.8 Å². The minimum absolute atomic E-state index is 0.602. The molecule has 14 heavy (non-hydrogen) atoms. The van der Waals surface area contributed by atoms with Crippen LogP contribution in [0.4, 0.5) is 5.13 Å². The lowest BCUT2D eigenvalue weighted by atomic mass is 9.97. The van der Waals surface area contributed by atoms with Crippen LogP contribution in [0.5, 0.6) is 0 Å². The van der Waals surface area contributed by atoms with Gasteiger partial charge >= 0.3 is 0 Å². The normalized spacial score (nSPS) is 28.4. The number of hydrogen-bond acceptors (Lipinski definition) is 4. The molecule has 4 heteroatoms. The van der Waals surface area contributed by atoms with E-state index in [0.717, 1.165) is 11.0 Å². The predicted octanol–water partition coefficient (Wildman–Crippen LogP) is 2.92. The lowest BCUT2D eigenvalue weighted by Gasteiger charge is -2.21. The molecule has 2 atom stereocenters. The summed E-state index contributed by atoms with van der Waals surface area (Å²) in [7, 11) is 0. The number of nitrogens with one attached hydrogen (secondary N) is 1. The van der Waals surface area contributed by atoms with Crippen LogP contribution in [0.15, 0.2) is 5.51 Å². The SMILES string of the molecule is CC1CCCCCC1Nc1nncs1. The minimum atomic E-state index is 0.602. The number of rotatable bonds is 2. The fourth-order valence-corrected chi connectivity index (χ4v) is 2.61. The van der Waals surface area contributed by atoms with Crippen LogP contribution in [0, 0.1) is 5.92 Å². The Morgan fingerprint density at radius 1 is 1.36 bits per heavy atom. The van der Waals surface area contributed by atoms with Gasteiger partial charge in [0.2, 0.25) is 5.13 Å². The first-order valence-electron chi connectivity index (χ1n) is 5.39. The summed E-state index contributed by atoms with van der Waals surface area (Å²) in [5.41, 5.74) is 1.78. The predicted molar refractivity (Wildman–Crippen MR) is 59.6 cm³/mol. The fraction of sp³-hybridized carbons (Fsp3) is 0.800. The molecule has 2 unspecified atom stereocenters. The van der Waals surface area contributed by atoms with Gasteiger partial charge < -0.3 is 5.32 Å². The second-order valence-electron chi connectivity index (χ2n) is 4.11. The summed E-state index contributed by atoms with van der Waals surface area (Å²) in [5, 5.41) is 12.3. The van der Waals surface area contributed by atoms with Crippen molar-refractivity contribution in [2.75, 3.05) is 5.32 Å². The van der Waals surface area contributed by atoms with Crippen molar-refractivity contribution in [2.45, 2.75) is 45.1 Å². The number of aromatic nitrogens is 2. The van der Waals surface area contributed by atoms with E-state index in [-0.39, 0.29) is 0 Å². The highest BCUT2D eigenvalue weighted by Gasteiger charge is 2.20. The average molecular weight is 211 g/mol. The Bertz CT molecular complexity index is 260. The van der Waals surface area contributed by atoms with Gasteiger partial charge in [0.05, 0.1) is 0 Å². The molecule has 0 aliphatic heterocycles. The van der Waals surface area contributed by atoms with Crippen molar-refractivity contribution >= 4 is 16.5 Å². The summed E-state index contributed by atoms with van der Waals surface area (Å²) in [4.78, 5) is 0. The van der Waals surface area contributed by atoms with Crippen LogP contribution in [0.2, 0.25) is 0 Å². The third-order valence-corrected chi connectivity index (χ3v) is 3.65. The zero-order valence-electron chi connectivity index (χ0n) is 8.57. The van der Waals surface area contributed by atoms with Gasteiger partial charge in [0.25, 0.3) is 0 Å². The van der Waals surface area contributed by atoms with Crippen molar-refractivity contribution in [3.8, 4) is 0 Å². The lowest BCUT2D eigenvalue weighted by molar-refractivity contribution is 0.456. The fourth-order valence-electron chi connectivity index (χ4n) is 2.10. The van der Waals surface area contributed by atoms with E-state index in [4.69, 9.17) is 0 Å². The van der Waals surface area contributed by atoms with E-state index in [1.54, 1.807) is 16.8 Å². The van der Waals surface area contributed by atoms with Gasteiger partial charge in [-0.3, -0.25) is 0 Å². The molecule has 0 bridgehead atoms. The minimum Gasteiger partial charge on any atom is -0.357 e. The highest BCUT2D eigenvalue weighted by molar-refractivity contribution is 7.13. The van der Waals surface area contributed by atoms with Crippen molar-refractivity contribution in [3.63, 3.8) is 0 Å². The van der Waals surface area contributed by atoms with Gasteiger partial charge in [0, 0.05) is 6.04 Å². The maximum Gasteiger partial charge on any atom is 0.205 e. The van der Waals surface area contributed by atoms with Crippen LogP contribution < -0.4 is 5.32 Å². The summed E-state index contributed by atoms with van der Waals surface area (Å²) in [5.74, 6) is 0.765. The Balaban J connectivity index is 1.94. The first kappa shape index (κ1) is 9.90. The zero-order chi connectivity index (χ0) is 9.80. The molecule has 0 amide bonds. The van der Waals surface area contributed by atoms with E-state index in [1.165, 1.54) is 32.1 Å². The molecule has 1 heterocycles. The molecule has 1 aromatic heterocycles. The first-order chi connectivity index (χ1) is 6.86. The molecule has 1 aliphatic rings. The second kappa shape index (κ2) is 4.73. The third-order valence-electron chi connectivity index (χ3n) is 3.03. The summed E-state index contributed by atoms with van der Waals surface area (Å²) in [6.07, 6.45) is 6.74. The Kier molecular flexibility index (Phi) is 3.35. The molecule has 2 rings (SSSR count). The van der Waals surface area contributed by atoms with E-state index >= 15 is 0 Å². The molecule has 1 saturated carbocycles. The van der Waals surface area contributed by atoms with Crippen LogP contribution in [0.1, 0.15) is 39.0 Å². The van der Waals surface area contributed by atoms with Crippen molar-refractivity contribution in [3.05, 3.63) is 5.51 Å². The van der Waals surface area contributed by atoms with E-state index in [1.807, 2.05) is 0 Å². The quantitative estimate of drug-likeness (QED) is 0.764. The molecule has 1 fully saturated rings. The Hall–Kier alpha value is -0.640. The number of nitrogens with zero attached hydrogens (tertiary/aromatic N) is 2. The largest absolute Gasteiger partial charge is 0.357 e. The van der Waals surface area contributed by atoms with Gasteiger partial charge in [-0.25, -0.2) is 0 Å². The molecular weight excluding hydrogens is 194 g/mol. The third kappa shape index (κ3) is 2.44. The summed E-state index contributed by atoms with van der Waals surface area (Å²) < 4.78 is 0. The smallest absolute Gasteiger partial charge is 0.205 e. The lowest BCUT2D eigenvalue weighted by Crippen LogP contribution is -2.26. The summed E-state index contributed by atoms with van der Waals surface area (Å²) >= 11 is 1.59. The Morgan fingerprint density at radius 3 is 3.00 bits per heavy atom. The van der Waals surface area contributed by atoms with Gasteiger partial charge in [-0.15, -0.1) is 10.2 Å². The maximum absolute atomic E-state index is 4.03. The van der Waals surface area contributed by atoms with E-state index < -0.39 is 0 Å². The van der Waals surface area contributed by atoms with Crippen molar-refractivity contribution in [1.29, 1.82) is 0 Å². The molecule has 1 aromatic rings. The van der Waals surface area contributed by atoms with Gasteiger partial charge in [-0.2, -0.15) is 0 Å². The number of anilines is 1. The van der Waals surface area contributed by atoms with E-state index in [2.05, 4.69) is 22.4 Å². The van der Waals surface area contributed by atoms with Crippen molar-refractivity contribution in [2.24, 2.45) is 5.92 Å². The molecule has 1 N–H and O–H groups in total. The standard InChI is InChI=1S/C10H17N3S/c1-8-5-3-2-4-6-9(8)12-10-13-11-7-14-10/h7-9H,2-6H2,1H3,(H,12,13). The summed E-state index contributed by atoms with van der Waals surface area (Å²) in [6, 6.07) is 0.602. The Labute approximate surface area is 88.9 Å². The molecule has 0 radical (unpaired) electrons. The molecular formula is C10H17N3S. The monoisotopic (exact) mass is 211 g/mol. The maximum atomic E-state index is 4.03. The highest BCUT2D eigenvalue weighted by atomic mass is 32.1. The van der Waals surface area contributed by atoms with Crippen LogP contribution in [-0.4, -0.2) is 16.2 Å². The Morgan fingerprint density at radius 2 is 2.21 bits per heavy atom. The number of hydrogen-bond donors (Lipinski definition) is 1.